The lowest BCUT2D eigenvalue weighted by Crippen LogP contribution is -2.46. The van der Waals surface area contributed by atoms with E-state index >= 15 is 0 Å². The van der Waals surface area contributed by atoms with Crippen molar-refractivity contribution < 1.29 is 13.2 Å². The highest BCUT2D eigenvalue weighted by molar-refractivity contribution is 6.30. The fraction of sp³-hybridized carbons (Fsp3) is 0.478. The number of piperazine rings is 2. The van der Waals surface area contributed by atoms with Gasteiger partial charge in [0.25, 0.3) is 0 Å². The molecule has 2 aliphatic heterocycles. The summed E-state index contributed by atoms with van der Waals surface area (Å²) < 4.78 is 41.1. The molecule has 2 heterocycles. The van der Waals surface area contributed by atoms with Gasteiger partial charge in [0.1, 0.15) is 0 Å². The van der Waals surface area contributed by atoms with Crippen LogP contribution in [0.25, 0.3) is 0 Å². The quantitative estimate of drug-likeness (QED) is 0.680. The molecular weight excluding hydrogens is 425 g/mol. The Bertz CT molecular complexity index is 871. The van der Waals surface area contributed by atoms with Crippen molar-refractivity contribution in [2.24, 2.45) is 0 Å². The number of benzene rings is 2. The molecule has 0 radical (unpaired) electrons. The van der Waals surface area contributed by atoms with Gasteiger partial charge in [-0.2, -0.15) is 13.2 Å². The summed E-state index contributed by atoms with van der Waals surface area (Å²) >= 11 is 5.97. The molecule has 4 nitrogen and oxygen atoms in total. The minimum Gasteiger partial charge on any atom is -0.369 e. The van der Waals surface area contributed by atoms with Crippen LogP contribution in [-0.4, -0.2) is 69.2 Å². The zero-order valence-corrected chi connectivity index (χ0v) is 18.5. The molecule has 0 spiro atoms. The van der Waals surface area contributed by atoms with Crippen LogP contribution in [0.15, 0.2) is 42.5 Å². The average molecular weight is 453 g/mol. The van der Waals surface area contributed by atoms with Gasteiger partial charge in [-0.15, -0.1) is 0 Å². The van der Waals surface area contributed by atoms with Crippen LogP contribution in [0.1, 0.15) is 11.1 Å². The van der Waals surface area contributed by atoms with Gasteiger partial charge in [0.2, 0.25) is 0 Å². The predicted octanol–water partition coefficient (Wildman–Crippen LogP) is 4.43. The van der Waals surface area contributed by atoms with Crippen LogP contribution < -0.4 is 9.80 Å². The highest BCUT2D eigenvalue weighted by Crippen LogP contribution is 2.35. The van der Waals surface area contributed by atoms with Gasteiger partial charge in [-0.25, -0.2) is 0 Å². The Balaban J connectivity index is 1.46. The first-order valence-corrected chi connectivity index (χ1v) is 11.0. The second kappa shape index (κ2) is 9.27. The Labute approximate surface area is 186 Å². The van der Waals surface area contributed by atoms with Gasteiger partial charge >= 0.3 is 6.18 Å². The number of hydrogen-bond acceptors (Lipinski definition) is 4. The highest BCUT2D eigenvalue weighted by Gasteiger charge is 2.34. The van der Waals surface area contributed by atoms with Crippen molar-refractivity contribution in [2.45, 2.75) is 12.7 Å². The number of rotatable bonds is 4. The number of alkyl halides is 3. The maximum Gasteiger partial charge on any atom is 0.416 e. The lowest BCUT2D eigenvalue weighted by atomic mass is 10.0. The van der Waals surface area contributed by atoms with E-state index in [1.807, 2.05) is 24.3 Å². The normalized spacial score (nSPS) is 19.1. The number of likely N-dealkylation sites (N-methyl/N-ethyl adjacent to an activating group) is 1. The van der Waals surface area contributed by atoms with Crippen molar-refractivity contribution >= 4 is 23.0 Å². The molecule has 0 aromatic heterocycles. The number of halogens is 4. The van der Waals surface area contributed by atoms with E-state index in [1.54, 1.807) is 12.1 Å². The number of hydrogen-bond donors (Lipinski definition) is 0. The summed E-state index contributed by atoms with van der Waals surface area (Å²) in [5.41, 5.74) is 1.82. The molecule has 2 aliphatic rings. The smallest absolute Gasteiger partial charge is 0.369 e. The van der Waals surface area contributed by atoms with Crippen LogP contribution in [-0.2, 0) is 12.7 Å². The first kappa shape index (κ1) is 22.2. The monoisotopic (exact) mass is 452 g/mol. The van der Waals surface area contributed by atoms with Gasteiger partial charge < -0.3 is 14.7 Å². The van der Waals surface area contributed by atoms with Gasteiger partial charge in [-0.1, -0.05) is 11.6 Å². The second-order valence-corrected chi connectivity index (χ2v) is 8.81. The van der Waals surface area contributed by atoms with E-state index in [0.29, 0.717) is 17.1 Å². The van der Waals surface area contributed by atoms with Crippen molar-refractivity contribution in [2.75, 3.05) is 69.2 Å². The van der Waals surface area contributed by atoms with Crippen LogP contribution in [0.3, 0.4) is 0 Å². The molecule has 0 unspecified atom stereocenters. The van der Waals surface area contributed by atoms with Crippen molar-refractivity contribution in [1.29, 1.82) is 0 Å². The SMILES string of the molecule is CN1CCN(c2ccc(C(F)(F)F)c(CN3CCN(c4ccc(Cl)cc4)CC3)c2)CC1. The topological polar surface area (TPSA) is 13.0 Å². The van der Waals surface area contributed by atoms with Crippen LogP contribution in [0.5, 0.6) is 0 Å². The van der Waals surface area contributed by atoms with E-state index in [1.165, 1.54) is 6.07 Å². The molecule has 2 saturated heterocycles. The standard InChI is InChI=1S/C23H28ClF3N4/c1-28-8-12-31(13-9-28)21-6-7-22(23(25,26)27)18(16-21)17-29-10-14-30(15-11-29)20-4-2-19(24)3-5-20/h2-7,16H,8-15,17H2,1H3. The first-order chi connectivity index (χ1) is 14.8. The van der Waals surface area contributed by atoms with Crippen LogP contribution >= 0.6 is 11.6 Å². The van der Waals surface area contributed by atoms with E-state index in [2.05, 4.69) is 26.6 Å². The summed E-state index contributed by atoms with van der Waals surface area (Å²) in [7, 11) is 2.07. The molecule has 0 N–H and O–H groups in total. The van der Waals surface area contributed by atoms with Crippen LogP contribution in [0.4, 0.5) is 24.5 Å². The molecule has 0 saturated carbocycles. The molecule has 2 aromatic carbocycles. The third kappa shape index (κ3) is 5.45. The molecule has 0 amide bonds. The number of nitrogens with zero attached hydrogens (tertiary/aromatic N) is 4. The van der Waals surface area contributed by atoms with Gasteiger partial charge in [0, 0.05) is 75.3 Å². The number of anilines is 2. The lowest BCUT2D eigenvalue weighted by Gasteiger charge is -2.37. The third-order valence-electron chi connectivity index (χ3n) is 6.22. The van der Waals surface area contributed by atoms with E-state index in [-0.39, 0.29) is 0 Å². The molecule has 4 rings (SSSR count). The average Bonchev–Trinajstić information content (AvgIpc) is 2.75. The highest BCUT2D eigenvalue weighted by atomic mass is 35.5. The summed E-state index contributed by atoms with van der Waals surface area (Å²) in [5, 5.41) is 0.697. The summed E-state index contributed by atoms with van der Waals surface area (Å²) in [6.07, 6.45) is -4.35. The Hall–Kier alpha value is -1.96. The van der Waals surface area contributed by atoms with E-state index in [9.17, 15) is 13.2 Å². The van der Waals surface area contributed by atoms with E-state index < -0.39 is 11.7 Å². The van der Waals surface area contributed by atoms with Gasteiger partial charge in [-0.3, -0.25) is 4.90 Å². The van der Waals surface area contributed by atoms with Crippen molar-refractivity contribution in [3.05, 3.63) is 58.6 Å². The minimum atomic E-state index is -4.35. The maximum absolute atomic E-state index is 13.7. The molecule has 8 heteroatoms. The van der Waals surface area contributed by atoms with Crippen molar-refractivity contribution in [1.82, 2.24) is 9.80 Å². The molecule has 168 valence electrons. The van der Waals surface area contributed by atoms with Crippen molar-refractivity contribution in [3.8, 4) is 0 Å². The fourth-order valence-corrected chi connectivity index (χ4v) is 4.43. The zero-order chi connectivity index (χ0) is 22.0. The zero-order valence-electron chi connectivity index (χ0n) is 17.7. The minimum absolute atomic E-state index is 0.310. The Morgan fingerprint density at radius 2 is 1.32 bits per heavy atom. The largest absolute Gasteiger partial charge is 0.416 e. The first-order valence-electron chi connectivity index (χ1n) is 10.7. The maximum atomic E-state index is 13.7. The van der Waals surface area contributed by atoms with Gasteiger partial charge in [0.15, 0.2) is 0 Å². The van der Waals surface area contributed by atoms with Crippen molar-refractivity contribution in [3.63, 3.8) is 0 Å². The summed E-state index contributed by atoms with van der Waals surface area (Å²) in [6.45, 7) is 6.82. The van der Waals surface area contributed by atoms with E-state index in [0.717, 1.165) is 63.7 Å². The predicted molar refractivity (Wildman–Crippen MR) is 120 cm³/mol. The van der Waals surface area contributed by atoms with E-state index in [4.69, 9.17) is 11.6 Å². The Kier molecular flexibility index (Phi) is 6.65. The summed E-state index contributed by atoms with van der Waals surface area (Å²) in [4.78, 5) is 8.78. The summed E-state index contributed by atoms with van der Waals surface area (Å²) in [6, 6.07) is 12.3. The molecular formula is C23H28ClF3N4. The second-order valence-electron chi connectivity index (χ2n) is 8.37. The molecule has 0 bridgehead atoms. The molecule has 2 aromatic rings. The molecule has 0 aliphatic carbocycles. The van der Waals surface area contributed by atoms with Crippen LogP contribution in [0.2, 0.25) is 5.02 Å². The lowest BCUT2D eigenvalue weighted by molar-refractivity contribution is -0.138. The third-order valence-corrected chi connectivity index (χ3v) is 6.47. The molecule has 2 fully saturated rings. The Morgan fingerprint density at radius 1 is 0.774 bits per heavy atom. The fourth-order valence-electron chi connectivity index (χ4n) is 4.31. The van der Waals surface area contributed by atoms with Crippen LogP contribution in [0, 0.1) is 0 Å². The summed E-state index contributed by atoms with van der Waals surface area (Å²) in [5.74, 6) is 0. The van der Waals surface area contributed by atoms with Gasteiger partial charge in [-0.05, 0) is 55.1 Å². The molecule has 0 atom stereocenters. The van der Waals surface area contributed by atoms with Gasteiger partial charge in [0.05, 0.1) is 5.56 Å². The molecule has 31 heavy (non-hydrogen) atoms. The Morgan fingerprint density at radius 3 is 1.94 bits per heavy atom.